The number of halogens is 7. The first-order chi connectivity index (χ1) is 19.5. The van der Waals surface area contributed by atoms with Crippen LogP contribution in [0.15, 0.2) is 35.5 Å². The van der Waals surface area contributed by atoms with Crippen molar-refractivity contribution in [3.63, 3.8) is 0 Å². The molecule has 43 heavy (non-hydrogen) atoms. The van der Waals surface area contributed by atoms with Crippen molar-refractivity contribution in [1.29, 1.82) is 0 Å². The minimum absolute atomic E-state index is 0.0212. The molecule has 244 valence electrons. The summed E-state index contributed by atoms with van der Waals surface area (Å²) in [5.74, 6) is 3.28. The molecule has 0 aromatic carbocycles. The molecule has 3 nitrogen and oxygen atoms in total. The number of allylic oxidation sites excluding steroid dienone is 4. The number of fused-ring (bicyclic) bond motifs is 1. The Morgan fingerprint density at radius 1 is 1.00 bits per heavy atom. The Bertz CT molecular complexity index is 1140. The first-order valence-corrected chi connectivity index (χ1v) is 15.0. The van der Waals surface area contributed by atoms with Crippen molar-refractivity contribution in [1.82, 2.24) is 0 Å². The minimum Gasteiger partial charge on any atom is -0.393 e. The van der Waals surface area contributed by atoms with Gasteiger partial charge in [0.05, 0.1) is 11.7 Å². The predicted octanol–water partition coefficient (Wildman–Crippen LogP) is 8.30. The van der Waals surface area contributed by atoms with Crippen LogP contribution in [0.2, 0.25) is 0 Å². The zero-order valence-electron chi connectivity index (χ0n) is 25.4. The Kier molecular flexibility index (Phi) is 10.4. The number of alkyl halides is 7. The maximum atomic E-state index is 14.3. The molecule has 10 heteroatoms. The highest BCUT2D eigenvalue weighted by atomic mass is 19.4. The van der Waals surface area contributed by atoms with E-state index in [1.807, 2.05) is 19.1 Å². The van der Waals surface area contributed by atoms with Gasteiger partial charge in [-0.3, -0.25) is 0 Å². The second-order valence-electron chi connectivity index (χ2n) is 14.1. The highest BCUT2D eigenvalue weighted by Gasteiger charge is 2.70. The summed E-state index contributed by atoms with van der Waals surface area (Å²) in [6.07, 6.45) is -5.02. The zero-order valence-corrected chi connectivity index (χ0v) is 25.4. The molecule has 0 aromatic heterocycles. The summed E-state index contributed by atoms with van der Waals surface area (Å²) >= 11 is 0. The monoisotopic (exact) mass is 622 g/mol. The normalized spacial score (nSPS) is 32.4. The topological polar surface area (TPSA) is 60.7 Å². The van der Waals surface area contributed by atoms with E-state index in [-0.39, 0.29) is 30.1 Å². The summed E-state index contributed by atoms with van der Waals surface area (Å²) in [6.45, 7) is 11.1. The average Bonchev–Trinajstić information content (AvgIpc) is 3.21. The van der Waals surface area contributed by atoms with Gasteiger partial charge in [-0.1, -0.05) is 50.5 Å². The Balaban J connectivity index is 1.95. The molecule has 0 saturated heterocycles. The highest BCUT2D eigenvalue weighted by molar-refractivity contribution is 5.39. The second kappa shape index (κ2) is 12.5. The van der Waals surface area contributed by atoms with Crippen LogP contribution in [0, 0.1) is 34.5 Å². The summed E-state index contributed by atoms with van der Waals surface area (Å²) in [7, 11) is 0. The SMILES string of the molecule is C=C1/C(=C\C=C2/CCC[C@@]3(C)C2CC[C@@H]3[C@@](C)(CC#CC(O)(C(F)(F)F)C(F)(F)F)CCCC(C)(C)O)C[C@@H](O)C[C@@H]1F. The number of aliphatic hydroxyl groups excluding tert-OH is 1. The Morgan fingerprint density at radius 2 is 1.63 bits per heavy atom. The predicted molar refractivity (Wildman–Crippen MR) is 151 cm³/mol. The molecule has 0 bridgehead atoms. The average molecular weight is 623 g/mol. The van der Waals surface area contributed by atoms with Gasteiger partial charge in [0, 0.05) is 12.8 Å². The molecular weight excluding hydrogens is 577 g/mol. The molecule has 0 amide bonds. The smallest absolute Gasteiger partial charge is 0.393 e. The van der Waals surface area contributed by atoms with Gasteiger partial charge in [-0.15, -0.1) is 0 Å². The lowest BCUT2D eigenvalue weighted by Gasteiger charge is -2.49. The van der Waals surface area contributed by atoms with Gasteiger partial charge in [0.1, 0.15) is 6.17 Å². The molecule has 0 aliphatic heterocycles. The lowest BCUT2D eigenvalue weighted by atomic mass is 9.55. The van der Waals surface area contributed by atoms with Crippen LogP contribution in [-0.4, -0.2) is 51.1 Å². The molecular formula is C33H45F7O3. The summed E-state index contributed by atoms with van der Waals surface area (Å²) in [5.41, 5.74) is -5.05. The second-order valence-corrected chi connectivity index (χ2v) is 14.1. The van der Waals surface area contributed by atoms with E-state index in [4.69, 9.17) is 0 Å². The lowest BCUT2D eigenvalue weighted by molar-refractivity contribution is -0.343. The summed E-state index contributed by atoms with van der Waals surface area (Å²) in [5, 5.41) is 29.9. The van der Waals surface area contributed by atoms with Crippen LogP contribution < -0.4 is 0 Å². The molecule has 0 spiro atoms. The Morgan fingerprint density at radius 3 is 2.21 bits per heavy atom. The van der Waals surface area contributed by atoms with Crippen molar-refractivity contribution in [2.24, 2.45) is 22.7 Å². The molecule has 3 saturated carbocycles. The number of hydrogen-bond donors (Lipinski definition) is 3. The van der Waals surface area contributed by atoms with Crippen LogP contribution in [-0.2, 0) is 0 Å². The molecule has 3 rings (SSSR count). The van der Waals surface area contributed by atoms with Crippen molar-refractivity contribution in [3.05, 3.63) is 35.5 Å². The van der Waals surface area contributed by atoms with Crippen LogP contribution in [0.3, 0.4) is 0 Å². The van der Waals surface area contributed by atoms with Gasteiger partial charge in [0.2, 0.25) is 0 Å². The first kappa shape index (κ1) is 35.6. The molecule has 1 unspecified atom stereocenters. The maximum absolute atomic E-state index is 14.3. The van der Waals surface area contributed by atoms with Crippen LogP contribution >= 0.6 is 0 Å². The van der Waals surface area contributed by atoms with E-state index in [1.54, 1.807) is 13.8 Å². The fourth-order valence-electron chi connectivity index (χ4n) is 7.81. The van der Waals surface area contributed by atoms with E-state index >= 15 is 0 Å². The summed E-state index contributed by atoms with van der Waals surface area (Å²) in [6, 6.07) is 0. The first-order valence-electron chi connectivity index (χ1n) is 15.0. The summed E-state index contributed by atoms with van der Waals surface area (Å²) in [4.78, 5) is 0. The van der Waals surface area contributed by atoms with E-state index in [1.165, 1.54) is 0 Å². The van der Waals surface area contributed by atoms with E-state index in [0.717, 1.165) is 37.2 Å². The zero-order chi connectivity index (χ0) is 32.6. The Hall–Kier alpha value is -1.83. The number of hydrogen-bond acceptors (Lipinski definition) is 3. The molecule has 3 aliphatic carbocycles. The summed E-state index contributed by atoms with van der Waals surface area (Å²) < 4.78 is 94.1. The quantitative estimate of drug-likeness (QED) is 0.198. The van der Waals surface area contributed by atoms with Crippen molar-refractivity contribution >= 4 is 0 Å². The molecule has 3 aliphatic rings. The van der Waals surface area contributed by atoms with Crippen molar-refractivity contribution in [2.45, 2.75) is 134 Å². The standard InChI is InChI=1S/C33H45F7O3/c1-21-23(19-24(41)20-26(21)34)11-10-22-9-6-17-30(5)25(22)12-13-27(30)29(4,15-7-14-28(2,3)42)16-8-18-31(43,32(35,36)37)33(38,39)40/h10-11,24-27,41-43H,1,6-7,9,12-17,19-20H2,2-5H3/b22-10+,23-11-/t24-,25?,26+,27-,29-,30+/m1/s1. The highest BCUT2D eigenvalue weighted by Crippen LogP contribution is 2.63. The number of aliphatic hydroxyl groups is 3. The van der Waals surface area contributed by atoms with E-state index in [2.05, 4.69) is 19.4 Å². The van der Waals surface area contributed by atoms with E-state index < -0.39 is 41.2 Å². The molecule has 0 aromatic rings. The van der Waals surface area contributed by atoms with Gasteiger partial charge in [0.25, 0.3) is 0 Å². The van der Waals surface area contributed by atoms with Crippen molar-refractivity contribution in [2.75, 3.05) is 0 Å². The Labute approximate surface area is 250 Å². The molecule has 0 heterocycles. The van der Waals surface area contributed by atoms with Crippen LogP contribution in [0.5, 0.6) is 0 Å². The van der Waals surface area contributed by atoms with Gasteiger partial charge in [-0.05, 0) is 105 Å². The lowest BCUT2D eigenvalue weighted by Crippen LogP contribution is -2.55. The largest absolute Gasteiger partial charge is 0.438 e. The number of rotatable bonds is 7. The van der Waals surface area contributed by atoms with Crippen LogP contribution in [0.1, 0.15) is 98.3 Å². The van der Waals surface area contributed by atoms with Gasteiger partial charge in [-0.2, -0.15) is 26.3 Å². The van der Waals surface area contributed by atoms with E-state index in [0.29, 0.717) is 43.3 Å². The van der Waals surface area contributed by atoms with Gasteiger partial charge >= 0.3 is 18.0 Å². The molecule has 3 fully saturated rings. The van der Waals surface area contributed by atoms with Gasteiger partial charge in [0.15, 0.2) is 0 Å². The molecule has 6 atom stereocenters. The molecule has 0 radical (unpaired) electrons. The van der Waals surface area contributed by atoms with Gasteiger partial charge in [-0.25, -0.2) is 4.39 Å². The van der Waals surface area contributed by atoms with Crippen molar-refractivity contribution in [3.8, 4) is 11.8 Å². The minimum atomic E-state index is -6.01. The fraction of sp³-hybridized carbons (Fsp3) is 0.758. The van der Waals surface area contributed by atoms with Crippen molar-refractivity contribution < 1.29 is 46.1 Å². The third-order valence-corrected chi connectivity index (χ3v) is 10.1. The van der Waals surface area contributed by atoms with Gasteiger partial charge < -0.3 is 15.3 Å². The van der Waals surface area contributed by atoms with Crippen LogP contribution in [0.25, 0.3) is 0 Å². The third kappa shape index (κ3) is 7.70. The van der Waals surface area contributed by atoms with Crippen LogP contribution in [0.4, 0.5) is 30.7 Å². The fourth-order valence-corrected chi connectivity index (χ4v) is 7.81. The van der Waals surface area contributed by atoms with E-state index in [9.17, 15) is 46.1 Å². The third-order valence-electron chi connectivity index (χ3n) is 10.1. The molecule has 3 N–H and O–H groups in total. The maximum Gasteiger partial charge on any atom is 0.438 e.